The number of hydrogen-bond donors (Lipinski definition) is 3. The number of hydrogen-bond acceptors (Lipinski definition) is 13. The van der Waals surface area contributed by atoms with Crippen LogP contribution in [0.15, 0.2) is 96.2 Å². The molecule has 354 valence electrons. The summed E-state index contributed by atoms with van der Waals surface area (Å²) < 4.78 is 43.7. The van der Waals surface area contributed by atoms with Gasteiger partial charge >= 0.3 is 12.2 Å². The van der Waals surface area contributed by atoms with Crippen LogP contribution in [0.3, 0.4) is 0 Å². The van der Waals surface area contributed by atoms with Gasteiger partial charge in [0.2, 0.25) is 18.9 Å². The van der Waals surface area contributed by atoms with Crippen molar-refractivity contribution < 1.29 is 57.8 Å². The molecule has 0 bridgehead atoms. The predicted octanol–water partition coefficient (Wildman–Crippen LogP) is 8.52. The van der Waals surface area contributed by atoms with Crippen LogP contribution in [0.2, 0.25) is 0 Å². The number of oxime groups is 1. The molecule has 0 spiro atoms. The van der Waals surface area contributed by atoms with Crippen LogP contribution >= 0.6 is 0 Å². The topological polar surface area (TPSA) is 176 Å². The van der Waals surface area contributed by atoms with Crippen molar-refractivity contribution >= 4 is 17.9 Å². The second-order valence-corrected chi connectivity index (χ2v) is 17.4. The molecule has 3 aromatic rings. The van der Waals surface area contributed by atoms with E-state index < -0.39 is 36.2 Å². The molecule has 7 atom stereocenters. The number of nitrogens with zero attached hydrogens (tertiary/aromatic N) is 2. The van der Waals surface area contributed by atoms with E-state index in [1.807, 2.05) is 60.7 Å². The van der Waals surface area contributed by atoms with Crippen molar-refractivity contribution in [2.75, 3.05) is 39.8 Å². The molecule has 15 heteroatoms. The quantitative estimate of drug-likeness (QED) is 0.0561. The molecule has 3 aromatic carbocycles. The molecule has 1 saturated carbocycles. The number of fused-ring (bicyclic) bond motifs is 3. The Kier molecular flexibility index (Phi) is 15.8. The highest BCUT2D eigenvalue weighted by molar-refractivity contribution is 6.03. The van der Waals surface area contributed by atoms with Gasteiger partial charge in [0.05, 0.1) is 31.5 Å². The van der Waals surface area contributed by atoms with Crippen molar-refractivity contribution in [2.24, 2.45) is 22.9 Å². The summed E-state index contributed by atoms with van der Waals surface area (Å²) in [5.74, 6) is -0.491. The second-order valence-electron chi connectivity index (χ2n) is 17.4. The molecular formula is C51H63N3O12. The Bertz CT molecular complexity index is 2190. The van der Waals surface area contributed by atoms with Gasteiger partial charge in [0.25, 0.3) is 0 Å². The number of aliphatic hydroxyl groups excluding tert-OH is 2. The fourth-order valence-corrected chi connectivity index (χ4v) is 10.3. The second kappa shape index (κ2) is 22.3. The zero-order valence-electron chi connectivity index (χ0n) is 37.8. The van der Waals surface area contributed by atoms with E-state index in [0.717, 1.165) is 60.8 Å². The standard InChI is InChI=1S/C51H63N3O12/c1-3-25-63-51-45(54(50(58)59-4-2)32-35-19-21-43-44(27-35)62-33-61-43)30-41(53-66-46-18-10-13-26-60-46)39-28-36(16-8-11-23-55)38(17-9-12-24-56)47(48(39)51)40-29-37(20-22-42(40)65-51)64-49(57)52-31-34-14-6-5-7-15-34/h3,5-7,14-15,19-22,27-29,36,38,45-48,55-56H,1,4,8-13,16-18,23-26,30-33H2,2H3,(H,52,57). The van der Waals surface area contributed by atoms with Crippen LogP contribution in [0.1, 0.15) is 93.7 Å². The number of carbonyl (C=O) groups is 2. The molecular weight excluding hydrogens is 847 g/mol. The Morgan fingerprint density at radius 2 is 1.76 bits per heavy atom. The third-order valence-corrected chi connectivity index (χ3v) is 13.2. The number of benzene rings is 3. The molecule has 1 saturated heterocycles. The van der Waals surface area contributed by atoms with Crippen LogP contribution in [0.5, 0.6) is 23.0 Å². The van der Waals surface area contributed by atoms with E-state index in [2.05, 4.69) is 18.0 Å². The summed E-state index contributed by atoms with van der Waals surface area (Å²) in [4.78, 5) is 35.9. The SMILES string of the molecule is C=CCOC12Oc3ccc(OC(=O)NCc4ccccc4)cc3C3C(CCCCO)C(CCCCO)C=C(C(=NOC4CCCCO4)CC1N(Cc1ccc4c(c1)OCO4)C(=O)OCC)C32. The fraction of sp³-hybridized carbons (Fsp3) is 0.510. The highest BCUT2D eigenvalue weighted by Crippen LogP contribution is 2.62. The Hall–Kier alpha value is -5.61. The Morgan fingerprint density at radius 3 is 2.53 bits per heavy atom. The summed E-state index contributed by atoms with van der Waals surface area (Å²) in [6.07, 6.45) is 9.25. The third-order valence-electron chi connectivity index (χ3n) is 13.2. The van der Waals surface area contributed by atoms with Crippen molar-refractivity contribution in [1.82, 2.24) is 10.2 Å². The fourth-order valence-electron chi connectivity index (χ4n) is 10.3. The van der Waals surface area contributed by atoms with Gasteiger partial charge in [-0.25, -0.2) is 9.59 Å². The van der Waals surface area contributed by atoms with E-state index in [1.54, 1.807) is 24.0 Å². The molecule has 15 nitrogen and oxygen atoms in total. The monoisotopic (exact) mass is 909 g/mol. The van der Waals surface area contributed by atoms with Crippen molar-refractivity contribution in [3.63, 3.8) is 0 Å². The maximum Gasteiger partial charge on any atom is 0.412 e. The van der Waals surface area contributed by atoms with Crippen LogP contribution in [0.4, 0.5) is 9.59 Å². The molecule has 2 amide bonds. The lowest BCUT2D eigenvalue weighted by Gasteiger charge is -2.59. The Morgan fingerprint density at radius 1 is 0.955 bits per heavy atom. The molecule has 3 aliphatic heterocycles. The molecule has 0 radical (unpaired) electrons. The van der Waals surface area contributed by atoms with Gasteiger partial charge in [-0.2, -0.15) is 0 Å². The molecule has 0 aromatic heterocycles. The van der Waals surface area contributed by atoms with E-state index >= 15 is 0 Å². The van der Waals surface area contributed by atoms with Gasteiger partial charge in [-0.15, -0.1) is 6.58 Å². The summed E-state index contributed by atoms with van der Waals surface area (Å²) in [5.41, 5.74) is 4.01. The van der Waals surface area contributed by atoms with Crippen LogP contribution in [0, 0.1) is 17.8 Å². The highest BCUT2D eigenvalue weighted by atomic mass is 16.8. The van der Waals surface area contributed by atoms with Gasteiger partial charge < -0.3 is 53.5 Å². The van der Waals surface area contributed by atoms with E-state index in [9.17, 15) is 19.8 Å². The first-order valence-corrected chi connectivity index (χ1v) is 23.5. The number of amides is 2. The highest BCUT2D eigenvalue weighted by Gasteiger charge is 2.66. The first-order valence-electron chi connectivity index (χ1n) is 23.5. The lowest BCUT2D eigenvalue weighted by Crippen LogP contribution is -2.70. The minimum Gasteiger partial charge on any atom is -0.459 e. The number of rotatable bonds is 20. The van der Waals surface area contributed by atoms with Gasteiger partial charge in [0.15, 0.2) is 11.5 Å². The molecule has 3 heterocycles. The van der Waals surface area contributed by atoms with Crippen molar-refractivity contribution in [2.45, 2.75) is 108 Å². The maximum atomic E-state index is 14.6. The number of nitrogens with one attached hydrogen (secondary N) is 1. The maximum absolute atomic E-state index is 14.6. The van der Waals surface area contributed by atoms with Gasteiger partial charge in [0.1, 0.15) is 17.5 Å². The van der Waals surface area contributed by atoms with Gasteiger partial charge in [-0.3, -0.25) is 4.90 Å². The Balaban J connectivity index is 1.29. The number of unbranched alkanes of at least 4 members (excludes halogenated alkanes) is 2. The average molecular weight is 910 g/mol. The predicted molar refractivity (Wildman–Crippen MR) is 244 cm³/mol. The minimum absolute atomic E-state index is 0.00392. The number of allylic oxidation sites excluding steroid dienone is 1. The normalized spacial score (nSPS) is 25.4. The zero-order chi connectivity index (χ0) is 45.9. The number of aliphatic hydroxyl groups is 2. The minimum atomic E-state index is -1.54. The van der Waals surface area contributed by atoms with E-state index in [1.165, 1.54) is 0 Å². The van der Waals surface area contributed by atoms with Crippen molar-refractivity contribution in [3.05, 3.63) is 108 Å². The lowest BCUT2D eigenvalue weighted by atomic mass is 9.55. The summed E-state index contributed by atoms with van der Waals surface area (Å²) >= 11 is 0. The van der Waals surface area contributed by atoms with Crippen LogP contribution in [-0.2, 0) is 32.1 Å². The van der Waals surface area contributed by atoms with E-state index in [0.29, 0.717) is 61.1 Å². The summed E-state index contributed by atoms with van der Waals surface area (Å²) in [5, 5.41) is 27.8. The van der Waals surface area contributed by atoms with Crippen LogP contribution in [-0.4, -0.2) is 91.0 Å². The summed E-state index contributed by atoms with van der Waals surface area (Å²) in [6, 6.07) is 19.8. The molecule has 5 aliphatic rings. The lowest BCUT2D eigenvalue weighted by molar-refractivity contribution is -0.256. The van der Waals surface area contributed by atoms with Crippen molar-refractivity contribution in [1.29, 1.82) is 0 Å². The average Bonchev–Trinajstić information content (AvgIpc) is 3.81. The summed E-state index contributed by atoms with van der Waals surface area (Å²) in [7, 11) is 0. The smallest absolute Gasteiger partial charge is 0.412 e. The molecule has 7 unspecified atom stereocenters. The zero-order valence-corrected chi connectivity index (χ0v) is 37.8. The molecule has 3 N–H and O–H groups in total. The largest absolute Gasteiger partial charge is 0.459 e. The molecule has 8 rings (SSSR count). The number of ether oxygens (including phenoxy) is 7. The van der Waals surface area contributed by atoms with Gasteiger partial charge in [-0.05, 0) is 104 Å². The Labute approximate surface area is 386 Å². The van der Waals surface area contributed by atoms with E-state index in [-0.39, 0.29) is 63.9 Å². The first kappa shape index (κ1) is 46.9. The molecule has 66 heavy (non-hydrogen) atoms. The summed E-state index contributed by atoms with van der Waals surface area (Å²) in [6.45, 7) is 7.19. The van der Waals surface area contributed by atoms with E-state index in [4.69, 9.17) is 43.2 Å². The molecule has 2 aliphatic carbocycles. The van der Waals surface area contributed by atoms with Gasteiger partial charge in [-0.1, -0.05) is 66.5 Å². The van der Waals surface area contributed by atoms with Crippen molar-refractivity contribution in [3.8, 4) is 23.0 Å². The molecule has 2 fully saturated rings. The van der Waals surface area contributed by atoms with Crippen LogP contribution < -0.4 is 24.3 Å². The van der Waals surface area contributed by atoms with Crippen LogP contribution in [0.25, 0.3) is 0 Å². The number of carbonyl (C=O) groups excluding carboxylic acids is 2. The third kappa shape index (κ3) is 10.5. The van der Waals surface area contributed by atoms with Gasteiger partial charge in [0, 0.05) is 50.6 Å². The first-order chi connectivity index (χ1) is 32.3.